The number of primary amides is 1. The molecule has 0 spiro atoms. The first-order chi connectivity index (χ1) is 14.4. The molecule has 1 aromatic carbocycles. The quantitative estimate of drug-likeness (QED) is 0.577. The summed E-state index contributed by atoms with van der Waals surface area (Å²) in [5.74, 6) is -1.69. The molecule has 1 saturated heterocycles. The Morgan fingerprint density at radius 1 is 1.23 bits per heavy atom. The van der Waals surface area contributed by atoms with Crippen LogP contribution in [0.4, 0.5) is 0 Å². The Balaban J connectivity index is 1.58. The molecule has 0 aliphatic carbocycles. The van der Waals surface area contributed by atoms with Crippen molar-refractivity contribution < 1.29 is 19.1 Å². The summed E-state index contributed by atoms with van der Waals surface area (Å²) in [5.41, 5.74) is 8.76. The van der Waals surface area contributed by atoms with Crippen molar-refractivity contribution in [3.8, 4) is 5.69 Å². The summed E-state index contributed by atoms with van der Waals surface area (Å²) < 4.78 is 6.90. The van der Waals surface area contributed by atoms with Crippen LogP contribution in [0.2, 0.25) is 0 Å². The number of ether oxygens (including phenoxy) is 1. The van der Waals surface area contributed by atoms with E-state index in [0.29, 0.717) is 19.4 Å². The Bertz CT molecular complexity index is 965. The zero-order valence-corrected chi connectivity index (χ0v) is 17.2. The lowest BCUT2D eigenvalue weighted by molar-refractivity contribution is -0.149. The summed E-state index contributed by atoms with van der Waals surface area (Å²) in [4.78, 5) is 37.2. The van der Waals surface area contributed by atoms with Gasteiger partial charge in [-0.25, -0.2) is 9.48 Å². The van der Waals surface area contributed by atoms with Gasteiger partial charge in [-0.05, 0) is 44.9 Å². The molecule has 1 aromatic heterocycles. The van der Waals surface area contributed by atoms with E-state index in [9.17, 15) is 14.4 Å². The van der Waals surface area contributed by atoms with Crippen molar-refractivity contribution in [2.45, 2.75) is 26.7 Å². The predicted molar refractivity (Wildman–Crippen MR) is 112 cm³/mol. The number of esters is 1. The van der Waals surface area contributed by atoms with Crippen LogP contribution >= 0.6 is 0 Å². The fourth-order valence-corrected chi connectivity index (χ4v) is 3.58. The van der Waals surface area contributed by atoms with Crippen LogP contribution in [-0.4, -0.2) is 52.2 Å². The van der Waals surface area contributed by atoms with Crippen molar-refractivity contribution in [3.05, 3.63) is 53.4 Å². The Morgan fingerprint density at radius 3 is 2.67 bits per heavy atom. The average molecular weight is 410 g/mol. The third-order valence-corrected chi connectivity index (χ3v) is 5.25. The number of carbonyl (C=O) groups is 3. The molecule has 2 heterocycles. The van der Waals surface area contributed by atoms with E-state index < -0.39 is 11.9 Å². The monoisotopic (exact) mass is 410 g/mol. The minimum Gasteiger partial charge on any atom is -0.452 e. The largest absolute Gasteiger partial charge is 0.452 e. The second kappa shape index (κ2) is 9.39. The first kappa shape index (κ1) is 21.3. The van der Waals surface area contributed by atoms with Crippen LogP contribution in [-0.2, 0) is 19.1 Å². The summed E-state index contributed by atoms with van der Waals surface area (Å²) in [6.07, 6.45) is 4.32. The molecular weight excluding hydrogens is 384 g/mol. The highest BCUT2D eigenvalue weighted by Gasteiger charge is 2.27. The lowest BCUT2D eigenvalue weighted by atomic mass is 9.97. The standard InChI is InChI=1S/C22H26N4O4/c1-15-19(16(2)26(24-15)18-8-4-3-5-9-18)10-11-21(28)30-14-20(27)25-12-6-7-17(13-25)22(23)29/h3-5,8-11,17H,6-7,12-14H2,1-2H3,(H2,23,29)/b11-10+/t17-/m1/s1. The number of nitrogens with two attached hydrogens (primary N) is 1. The van der Waals surface area contributed by atoms with Gasteiger partial charge in [-0.15, -0.1) is 0 Å². The van der Waals surface area contributed by atoms with E-state index in [1.807, 2.05) is 48.9 Å². The molecule has 1 aliphatic heterocycles. The molecule has 8 nitrogen and oxygen atoms in total. The highest BCUT2D eigenvalue weighted by molar-refractivity contribution is 5.89. The molecule has 0 unspecified atom stereocenters. The predicted octanol–water partition coefficient (Wildman–Crippen LogP) is 1.77. The SMILES string of the molecule is Cc1nn(-c2ccccc2)c(C)c1/C=C/C(=O)OCC(=O)N1CCC[C@@H](C(N)=O)C1. The van der Waals surface area contributed by atoms with Gasteiger partial charge < -0.3 is 15.4 Å². The summed E-state index contributed by atoms with van der Waals surface area (Å²) in [7, 11) is 0. The minimum absolute atomic E-state index is 0.276. The number of nitrogens with zero attached hydrogens (tertiary/aromatic N) is 3. The van der Waals surface area contributed by atoms with Gasteiger partial charge in [-0.2, -0.15) is 5.10 Å². The molecule has 2 amide bonds. The maximum Gasteiger partial charge on any atom is 0.331 e. The molecule has 30 heavy (non-hydrogen) atoms. The van der Waals surface area contributed by atoms with Crippen molar-refractivity contribution >= 4 is 23.9 Å². The number of hydrogen-bond acceptors (Lipinski definition) is 5. The van der Waals surface area contributed by atoms with Crippen LogP contribution in [0.3, 0.4) is 0 Å². The van der Waals surface area contributed by atoms with Gasteiger partial charge in [-0.3, -0.25) is 9.59 Å². The first-order valence-electron chi connectivity index (χ1n) is 9.90. The highest BCUT2D eigenvalue weighted by Crippen LogP contribution is 2.19. The molecule has 0 radical (unpaired) electrons. The molecule has 2 N–H and O–H groups in total. The lowest BCUT2D eigenvalue weighted by Crippen LogP contribution is -2.45. The van der Waals surface area contributed by atoms with Crippen molar-refractivity contribution in [2.75, 3.05) is 19.7 Å². The average Bonchev–Trinajstić information content (AvgIpc) is 3.04. The number of aryl methyl sites for hydroxylation is 1. The van der Waals surface area contributed by atoms with Gasteiger partial charge in [0.05, 0.1) is 17.3 Å². The Morgan fingerprint density at radius 2 is 1.97 bits per heavy atom. The second-order valence-corrected chi connectivity index (χ2v) is 7.35. The molecule has 3 rings (SSSR count). The molecule has 0 bridgehead atoms. The third-order valence-electron chi connectivity index (χ3n) is 5.25. The number of para-hydroxylation sites is 1. The van der Waals surface area contributed by atoms with Gasteiger partial charge in [-0.1, -0.05) is 18.2 Å². The Kier molecular flexibility index (Phi) is 6.66. The maximum absolute atomic E-state index is 12.3. The molecule has 0 saturated carbocycles. The number of aromatic nitrogens is 2. The number of benzene rings is 1. The normalized spacial score (nSPS) is 16.6. The van der Waals surface area contributed by atoms with Crippen LogP contribution < -0.4 is 5.73 Å². The number of carbonyl (C=O) groups excluding carboxylic acids is 3. The molecule has 1 atom stereocenters. The fraction of sp³-hybridized carbons (Fsp3) is 0.364. The zero-order chi connectivity index (χ0) is 21.7. The van der Waals surface area contributed by atoms with Crippen LogP contribution in [0.5, 0.6) is 0 Å². The second-order valence-electron chi connectivity index (χ2n) is 7.35. The van der Waals surface area contributed by atoms with Crippen LogP contribution in [0.15, 0.2) is 36.4 Å². The molecular formula is C22H26N4O4. The van der Waals surface area contributed by atoms with Crippen LogP contribution in [0, 0.1) is 19.8 Å². The Hall–Kier alpha value is -3.42. The van der Waals surface area contributed by atoms with Crippen molar-refractivity contribution in [3.63, 3.8) is 0 Å². The molecule has 2 aromatic rings. The van der Waals surface area contributed by atoms with Gasteiger partial charge in [0.1, 0.15) is 0 Å². The van der Waals surface area contributed by atoms with E-state index in [2.05, 4.69) is 5.10 Å². The van der Waals surface area contributed by atoms with E-state index in [1.165, 1.54) is 11.0 Å². The van der Waals surface area contributed by atoms with Crippen molar-refractivity contribution in [1.29, 1.82) is 0 Å². The lowest BCUT2D eigenvalue weighted by Gasteiger charge is -2.30. The molecule has 8 heteroatoms. The van der Waals surface area contributed by atoms with E-state index in [-0.39, 0.29) is 25.0 Å². The molecule has 1 aliphatic rings. The van der Waals surface area contributed by atoms with E-state index in [1.54, 1.807) is 6.08 Å². The minimum atomic E-state index is -0.613. The van der Waals surface area contributed by atoms with Gasteiger partial charge in [0, 0.05) is 30.4 Å². The van der Waals surface area contributed by atoms with Crippen molar-refractivity contribution in [2.24, 2.45) is 11.7 Å². The third kappa shape index (κ3) is 4.94. The van der Waals surface area contributed by atoms with Crippen LogP contribution in [0.1, 0.15) is 29.8 Å². The summed E-state index contributed by atoms with van der Waals surface area (Å²) in [6, 6.07) is 9.71. The zero-order valence-electron chi connectivity index (χ0n) is 17.2. The van der Waals surface area contributed by atoms with Crippen molar-refractivity contribution in [1.82, 2.24) is 14.7 Å². The molecule has 1 fully saturated rings. The summed E-state index contributed by atoms with van der Waals surface area (Å²) in [5, 5.41) is 4.53. The topological polar surface area (TPSA) is 108 Å². The van der Waals surface area contributed by atoms with Gasteiger partial charge in [0.25, 0.3) is 5.91 Å². The summed E-state index contributed by atoms with van der Waals surface area (Å²) in [6.45, 7) is 4.24. The number of hydrogen-bond donors (Lipinski definition) is 1. The number of rotatable bonds is 6. The molecule has 158 valence electrons. The van der Waals surface area contributed by atoms with E-state index >= 15 is 0 Å². The van der Waals surface area contributed by atoms with Gasteiger partial charge >= 0.3 is 5.97 Å². The Labute approximate surface area is 175 Å². The fourth-order valence-electron chi connectivity index (χ4n) is 3.58. The number of piperidine rings is 1. The van der Waals surface area contributed by atoms with Gasteiger partial charge in [0.15, 0.2) is 6.61 Å². The smallest absolute Gasteiger partial charge is 0.331 e. The van der Waals surface area contributed by atoms with Crippen LogP contribution in [0.25, 0.3) is 11.8 Å². The van der Waals surface area contributed by atoms with E-state index in [4.69, 9.17) is 10.5 Å². The highest BCUT2D eigenvalue weighted by atomic mass is 16.5. The summed E-state index contributed by atoms with van der Waals surface area (Å²) >= 11 is 0. The first-order valence-corrected chi connectivity index (χ1v) is 9.90. The number of amides is 2. The van der Waals surface area contributed by atoms with Gasteiger partial charge in [0.2, 0.25) is 5.91 Å². The van der Waals surface area contributed by atoms with E-state index in [0.717, 1.165) is 22.6 Å². The number of likely N-dealkylation sites (tertiary alicyclic amines) is 1. The maximum atomic E-state index is 12.3.